The number of allylic oxidation sites excluding steroid dienone is 3. The number of amides is 2. The van der Waals surface area contributed by atoms with Crippen LogP contribution >= 0.6 is 0 Å². The van der Waals surface area contributed by atoms with E-state index < -0.39 is 23.1 Å². The highest BCUT2D eigenvalue weighted by atomic mass is 19.1. The van der Waals surface area contributed by atoms with Crippen molar-refractivity contribution in [3.63, 3.8) is 0 Å². The third kappa shape index (κ3) is 3.79. The Kier molecular flexibility index (Phi) is 6.03. The standard InChI is InChI=1S/C25H28F2N2O3/c1-4-5-6-7-16(2)21-8-9-22-29(21)24(31)25(32-22)10-12-28(13-11-25)23(30)18-15-19(26)17(3)14-20(18)27/h4-7,14-15,21-22H,2,8-13H2,1,3H3/b5-4-,7-6-/t21-,22+/m0/s1. The Balaban J connectivity index is 1.45. The first-order valence-corrected chi connectivity index (χ1v) is 11.0. The van der Waals surface area contributed by atoms with Gasteiger partial charge in [-0.1, -0.05) is 30.9 Å². The van der Waals surface area contributed by atoms with Crippen LogP contribution in [0.2, 0.25) is 0 Å². The van der Waals surface area contributed by atoms with Crippen LogP contribution in [0.4, 0.5) is 8.78 Å². The number of rotatable bonds is 4. The molecule has 7 heteroatoms. The molecule has 3 fully saturated rings. The van der Waals surface area contributed by atoms with Crippen molar-refractivity contribution in [1.29, 1.82) is 0 Å². The van der Waals surface area contributed by atoms with E-state index in [-0.39, 0.29) is 42.4 Å². The quantitative estimate of drug-likeness (QED) is 0.654. The Bertz CT molecular complexity index is 1010. The topological polar surface area (TPSA) is 49.9 Å². The number of nitrogens with zero attached hydrogens (tertiary/aromatic N) is 2. The van der Waals surface area contributed by atoms with Crippen molar-refractivity contribution in [2.24, 2.45) is 0 Å². The van der Waals surface area contributed by atoms with E-state index in [1.807, 2.05) is 31.2 Å². The van der Waals surface area contributed by atoms with Crippen LogP contribution in [0.3, 0.4) is 0 Å². The van der Waals surface area contributed by atoms with Crippen LogP contribution in [0, 0.1) is 18.6 Å². The predicted molar refractivity (Wildman–Crippen MR) is 117 cm³/mol. The molecule has 3 heterocycles. The molecule has 1 spiro atoms. The zero-order chi connectivity index (χ0) is 23.0. The molecule has 0 bridgehead atoms. The van der Waals surface area contributed by atoms with Crippen molar-refractivity contribution in [2.45, 2.75) is 57.4 Å². The van der Waals surface area contributed by atoms with Gasteiger partial charge in [-0.2, -0.15) is 0 Å². The van der Waals surface area contributed by atoms with Crippen LogP contribution in [0.15, 0.2) is 48.6 Å². The van der Waals surface area contributed by atoms with Gasteiger partial charge in [0.05, 0.1) is 11.6 Å². The largest absolute Gasteiger partial charge is 0.342 e. The van der Waals surface area contributed by atoms with Crippen molar-refractivity contribution in [3.8, 4) is 0 Å². The fourth-order valence-electron chi connectivity index (χ4n) is 4.86. The van der Waals surface area contributed by atoms with E-state index in [4.69, 9.17) is 4.74 Å². The molecular formula is C25H28F2N2O3. The molecular weight excluding hydrogens is 414 g/mol. The highest BCUT2D eigenvalue weighted by Crippen LogP contribution is 2.44. The van der Waals surface area contributed by atoms with E-state index in [2.05, 4.69) is 6.58 Å². The Morgan fingerprint density at radius 3 is 2.59 bits per heavy atom. The van der Waals surface area contributed by atoms with Gasteiger partial charge in [0.15, 0.2) is 5.60 Å². The van der Waals surface area contributed by atoms with E-state index in [0.717, 1.165) is 30.5 Å². The monoisotopic (exact) mass is 442 g/mol. The molecule has 0 aromatic heterocycles. The molecule has 3 saturated heterocycles. The number of carbonyl (C=O) groups is 2. The Morgan fingerprint density at radius 2 is 1.91 bits per heavy atom. The lowest BCUT2D eigenvalue weighted by Gasteiger charge is -2.37. The maximum absolute atomic E-state index is 14.3. The zero-order valence-corrected chi connectivity index (χ0v) is 18.4. The first-order chi connectivity index (χ1) is 15.3. The summed E-state index contributed by atoms with van der Waals surface area (Å²) in [5.74, 6) is -1.99. The van der Waals surface area contributed by atoms with E-state index in [0.29, 0.717) is 12.8 Å². The van der Waals surface area contributed by atoms with Gasteiger partial charge in [0.1, 0.15) is 17.9 Å². The van der Waals surface area contributed by atoms with Crippen LogP contribution in [0.25, 0.3) is 0 Å². The normalized spacial score (nSPS) is 24.8. The molecule has 0 N–H and O–H groups in total. The minimum Gasteiger partial charge on any atom is -0.342 e. The highest BCUT2D eigenvalue weighted by molar-refractivity contribution is 5.95. The molecule has 4 rings (SSSR count). The van der Waals surface area contributed by atoms with Gasteiger partial charge in [0, 0.05) is 25.9 Å². The summed E-state index contributed by atoms with van der Waals surface area (Å²) < 4.78 is 34.4. The number of aryl methyl sites for hydroxylation is 1. The van der Waals surface area contributed by atoms with Gasteiger partial charge in [-0.05, 0) is 50.0 Å². The molecule has 2 atom stereocenters. The first kappa shape index (κ1) is 22.4. The van der Waals surface area contributed by atoms with Gasteiger partial charge in [-0.3, -0.25) is 9.59 Å². The number of piperidine rings is 1. The summed E-state index contributed by atoms with van der Waals surface area (Å²) in [5.41, 5.74) is -0.236. The molecule has 32 heavy (non-hydrogen) atoms. The van der Waals surface area contributed by atoms with E-state index in [9.17, 15) is 18.4 Å². The van der Waals surface area contributed by atoms with Crippen molar-refractivity contribution < 1.29 is 23.1 Å². The summed E-state index contributed by atoms with van der Waals surface area (Å²) in [7, 11) is 0. The molecule has 0 aliphatic carbocycles. The van der Waals surface area contributed by atoms with Gasteiger partial charge in [-0.25, -0.2) is 8.78 Å². The fraction of sp³-hybridized carbons (Fsp3) is 0.440. The van der Waals surface area contributed by atoms with Gasteiger partial charge >= 0.3 is 0 Å². The Morgan fingerprint density at radius 1 is 1.19 bits per heavy atom. The maximum Gasteiger partial charge on any atom is 0.257 e. The third-order valence-corrected chi connectivity index (χ3v) is 6.70. The van der Waals surface area contributed by atoms with E-state index in [1.54, 1.807) is 4.90 Å². The molecule has 170 valence electrons. The molecule has 3 aliphatic rings. The molecule has 1 aromatic carbocycles. The van der Waals surface area contributed by atoms with Crippen molar-refractivity contribution in [3.05, 3.63) is 71.4 Å². The Labute approximate surface area is 187 Å². The van der Waals surface area contributed by atoms with Gasteiger partial charge < -0.3 is 14.5 Å². The average Bonchev–Trinajstić information content (AvgIpc) is 3.29. The number of fused-ring (bicyclic) bond motifs is 1. The van der Waals surface area contributed by atoms with E-state index in [1.165, 1.54) is 11.8 Å². The molecule has 0 radical (unpaired) electrons. The van der Waals surface area contributed by atoms with Gasteiger partial charge in [-0.15, -0.1) is 0 Å². The maximum atomic E-state index is 14.3. The number of likely N-dealkylation sites (tertiary alicyclic amines) is 1. The second-order valence-electron chi connectivity index (χ2n) is 8.71. The predicted octanol–water partition coefficient (Wildman–Crippen LogP) is 4.28. The minimum atomic E-state index is -0.968. The van der Waals surface area contributed by atoms with Crippen LogP contribution < -0.4 is 0 Å². The van der Waals surface area contributed by atoms with Crippen molar-refractivity contribution in [1.82, 2.24) is 9.80 Å². The lowest BCUT2D eigenvalue weighted by atomic mass is 9.89. The van der Waals surface area contributed by atoms with Crippen molar-refractivity contribution in [2.75, 3.05) is 13.1 Å². The van der Waals surface area contributed by atoms with Crippen LogP contribution in [0.1, 0.15) is 48.5 Å². The second-order valence-corrected chi connectivity index (χ2v) is 8.71. The van der Waals surface area contributed by atoms with Crippen molar-refractivity contribution >= 4 is 11.8 Å². The molecule has 0 saturated carbocycles. The first-order valence-electron chi connectivity index (χ1n) is 11.0. The number of hydrogen-bond acceptors (Lipinski definition) is 3. The van der Waals surface area contributed by atoms with Gasteiger partial charge in [0.25, 0.3) is 11.8 Å². The van der Waals surface area contributed by atoms with E-state index >= 15 is 0 Å². The SMILES string of the molecule is C=C(/C=C\C=C/C)[C@@H]1CC[C@H]2OC3(CCN(C(=O)c4cc(F)c(C)cc4F)CC3)C(=O)N21. The second kappa shape index (κ2) is 8.62. The molecule has 2 amide bonds. The third-order valence-electron chi connectivity index (χ3n) is 6.70. The lowest BCUT2D eigenvalue weighted by Crippen LogP contribution is -2.52. The summed E-state index contributed by atoms with van der Waals surface area (Å²) >= 11 is 0. The summed E-state index contributed by atoms with van der Waals surface area (Å²) in [4.78, 5) is 29.5. The van der Waals surface area contributed by atoms with Crippen LogP contribution in [0.5, 0.6) is 0 Å². The highest BCUT2D eigenvalue weighted by Gasteiger charge is 2.58. The molecule has 3 aliphatic heterocycles. The number of halogens is 2. The smallest absolute Gasteiger partial charge is 0.257 e. The molecule has 5 nitrogen and oxygen atoms in total. The van der Waals surface area contributed by atoms with Crippen LogP contribution in [-0.2, 0) is 9.53 Å². The minimum absolute atomic E-state index is 0.0646. The molecule has 0 unspecified atom stereocenters. The average molecular weight is 443 g/mol. The zero-order valence-electron chi connectivity index (χ0n) is 18.4. The number of hydrogen-bond donors (Lipinski definition) is 0. The summed E-state index contributed by atoms with van der Waals surface area (Å²) in [6.07, 6.45) is 9.57. The van der Waals surface area contributed by atoms with Gasteiger partial charge in [0.2, 0.25) is 0 Å². The number of ether oxygens (including phenoxy) is 1. The lowest BCUT2D eigenvalue weighted by molar-refractivity contribution is -0.142. The fourth-order valence-corrected chi connectivity index (χ4v) is 4.86. The number of carbonyl (C=O) groups excluding carboxylic acids is 2. The molecule has 1 aromatic rings. The summed E-state index contributed by atoms with van der Waals surface area (Å²) in [6, 6.07) is 1.88. The Hall–Kier alpha value is -2.80. The van der Waals surface area contributed by atoms with Crippen LogP contribution in [-0.4, -0.2) is 52.6 Å². The summed E-state index contributed by atoms with van der Waals surface area (Å²) in [5, 5.41) is 0. The number of benzene rings is 1. The summed E-state index contributed by atoms with van der Waals surface area (Å²) in [6.45, 7) is 8.00.